The first kappa shape index (κ1) is 34.7. The number of ether oxygens (including phenoxy) is 1. The Balaban J connectivity index is 1.14. The molecule has 1 amide bonds. The van der Waals surface area contributed by atoms with Crippen LogP contribution in [0.3, 0.4) is 0 Å². The predicted molar refractivity (Wildman–Crippen MR) is 183 cm³/mol. The summed E-state index contributed by atoms with van der Waals surface area (Å²) < 4.78 is 63.9. The first-order valence-electron chi connectivity index (χ1n) is 17.6. The monoisotopic (exact) mass is 682 g/mol. The number of amides is 1. The lowest BCUT2D eigenvalue weighted by molar-refractivity contribution is -0.128. The van der Waals surface area contributed by atoms with E-state index >= 15 is 4.39 Å². The second kappa shape index (κ2) is 13.3. The number of Topliss-reactive ketones (excluding diaryl/α,β-unsaturated/α-hetero) is 1. The second-order valence-corrected chi connectivity index (χ2v) is 17.1. The van der Waals surface area contributed by atoms with Gasteiger partial charge in [0.05, 0.1) is 16.8 Å². The Labute approximate surface area is 283 Å². The SMILES string of the molecule is CCc1c(F)cccc1-c1cc([C@@H](C)C(=O)NS(=O)(=O)C2(C)CC2)ccc1O[C@@H]1CC[C@@H](/C=C/CC(=O)[C@@]2(F)CNC3(CCCC3)C2)C1. The molecular weight excluding hydrogens is 634 g/mol. The molecule has 4 atom stereocenters. The second-order valence-electron chi connectivity index (χ2n) is 14.9. The lowest BCUT2D eigenvalue weighted by Crippen LogP contribution is -2.40. The van der Waals surface area contributed by atoms with E-state index < -0.39 is 32.3 Å². The van der Waals surface area contributed by atoms with Gasteiger partial charge in [0.2, 0.25) is 15.9 Å². The molecule has 260 valence electrons. The third-order valence-electron chi connectivity index (χ3n) is 11.4. The number of rotatable bonds is 12. The summed E-state index contributed by atoms with van der Waals surface area (Å²) in [6, 6.07) is 10.2. The number of alkyl halides is 1. The van der Waals surface area contributed by atoms with Crippen LogP contribution >= 0.6 is 0 Å². The molecule has 10 heteroatoms. The molecule has 3 aliphatic carbocycles. The quantitative estimate of drug-likeness (QED) is 0.229. The molecule has 2 aromatic rings. The summed E-state index contributed by atoms with van der Waals surface area (Å²) >= 11 is 0. The van der Waals surface area contributed by atoms with Crippen molar-refractivity contribution in [1.29, 1.82) is 0 Å². The standard InChI is InChI=1S/C38H48F2N2O5S/c1-4-29-30(10-8-11-32(29)39)31-22-27(25(2)35(44)42-48(45,46)36(3)19-20-36)14-16-33(31)47-28-15-13-26(21-28)9-7-12-34(43)38(40)23-37(41-24-38)17-5-6-18-37/h7-11,14,16,22,25-26,28,41H,4-6,12-13,15,17-21,23-24H2,1-3H3,(H,42,44)/b9-7+/t25-,26-,28-,38+/m1/s1. The van der Waals surface area contributed by atoms with Gasteiger partial charge in [-0.25, -0.2) is 17.2 Å². The highest BCUT2D eigenvalue weighted by Gasteiger charge is 2.53. The molecule has 48 heavy (non-hydrogen) atoms. The van der Waals surface area contributed by atoms with Gasteiger partial charge in [0.15, 0.2) is 11.5 Å². The van der Waals surface area contributed by atoms with Crippen LogP contribution in [-0.4, -0.2) is 48.7 Å². The van der Waals surface area contributed by atoms with Crippen molar-refractivity contribution in [2.24, 2.45) is 5.92 Å². The Kier molecular flexibility index (Phi) is 9.63. The van der Waals surface area contributed by atoms with Crippen LogP contribution in [0.4, 0.5) is 8.78 Å². The number of halogens is 2. The number of allylic oxidation sites excluding steroid dienone is 2. The summed E-state index contributed by atoms with van der Waals surface area (Å²) in [5.41, 5.74) is 0.423. The topological polar surface area (TPSA) is 102 Å². The van der Waals surface area contributed by atoms with Crippen LogP contribution in [0.1, 0.15) is 108 Å². The van der Waals surface area contributed by atoms with Gasteiger partial charge >= 0.3 is 0 Å². The number of benzene rings is 2. The van der Waals surface area contributed by atoms with E-state index in [4.69, 9.17) is 4.74 Å². The molecule has 6 rings (SSSR count). The van der Waals surface area contributed by atoms with Crippen molar-refractivity contribution in [2.45, 2.75) is 126 Å². The van der Waals surface area contributed by atoms with Crippen molar-refractivity contribution in [3.05, 3.63) is 65.5 Å². The molecule has 4 fully saturated rings. The van der Waals surface area contributed by atoms with Crippen LogP contribution in [0.25, 0.3) is 11.1 Å². The highest BCUT2D eigenvalue weighted by atomic mass is 32.2. The molecule has 1 aliphatic heterocycles. The number of hydrogen-bond donors (Lipinski definition) is 2. The molecule has 0 unspecified atom stereocenters. The molecule has 1 heterocycles. The summed E-state index contributed by atoms with van der Waals surface area (Å²) in [6.45, 7) is 5.28. The van der Waals surface area contributed by atoms with Gasteiger partial charge in [-0.05, 0) is 106 Å². The maximum atomic E-state index is 15.6. The van der Waals surface area contributed by atoms with Crippen LogP contribution in [0.2, 0.25) is 0 Å². The van der Waals surface area contributed by atoms with Crippen molar-refractivity contribution in [3.63, 3.8) is 0 Å². The molecule has 4 aliphatic rings. The molecule has 2 aromatic carbocycles. The van der Waals surface area contributed by atoms with Gasteiger partial charge in [0.25, 0.3) is 0 Å². The summed E-state index contributed by atoms with van der Waals surface area (Å²) in [6.07, 6.45) is 11.9. The van der Waals surface area contributed by atoms with Crippen molar-refractivity contribution >= 4 is 21.7 Å². The third kappa shape index (κ3) is 6.97. The van der Waals surface area contributed by atoms with Gasteiger partial charge < -0.3 is 10.1 Å². The van der Waals surface area contributed by atoms with Gasteiger partial charge in [-0.1, -0.05) is 50.1 Å². The maximum absolute atomic E-state index is 15.6. The van der Waals surface area contributed by atoms with Gasteiger partial charge in [0, 0.05) is 30.5 Å². The number of carbonyl (C=O) groups is 2. The molecule has 7 nitrogen and oxygen atoms in total. The zero-order valence-electron chi connectivity index (χ0n) is 28.2. The third-order valence-corrected chi connectivity index (χ3v) is 13.5. The fraction of sp³-hybridized carbons (Fsp3) is 0.579. The molecular formula is C38H48F2N2O5S. The smallest absolute Gasteiger partial charge is 0.240 e. The van der Waals surface area contributed by atoms with Crippen molar-refractivity contribution in [1.82, 2.24) is 10.0 Å². The number of nitrogens with one attached hydrogen (secondary N) is 2. The van der Waals surface area contributed by atoms with Crippen LogP contribution in [-0.2, 0) is 26.0 Å². The molecule has 0 bridgehead atoms. The van der Waals surface area contributed by atoms with E-state index in [1.807, 2.05) is 25.1 Å². The molecule has 0 aromatic heterocycles. The van der Waals surface area contributed by atoms with Crippen LogP contribution in [0.15, 0.2) is 48.6 Å². The molecule has 3 saturated carbocycles. The van der Waals surface area contributed by atoms with Crippen LogP contribution in [0.5, 0.6) is 5.75 Å². The van der Waals surface area contributed by atoms with E-state index in [-0.39, 0.29) is 48.5 Å². The van der Waals surface area contributed by atoms with Crippen molar-refractivity contribution < 1.29 is 31.5 Å². The molecule has 0 radical (unpaired) electrons. The fourth-order valence-corrected chi connectivity index (χ4v) is 9.14. The van der Waals surface area contributed by atoms with E-state index in [2.05, 4.69) is 10.0 Å². The Hall–Kier alpha value is -3.11. The van der Waals surface area contributed by atoms with Gasteiger partial charge in [-0.2, -0.15) is 0 Å². The lowest BCUT2D eigenvalue weighted by Gasteiger charge is -2.24. The zero-order valence-corrected chi connectivity index (χ0v) is 29.1. The van der Waals surface area contributed by atoms with Crippen LogP contribution in [0, 0.1) is 11.7 Å². The highest BCUT2D eigenvalue weighted by Crippen LogP contribution is 2.44. The number of ketones is 1. The van der Waals surface area contributed by atoms with Gasteiger partial charge in [-0.15, -0.1) is 0 Å². The van der Waals surface area contributed by atoms with E-state index in [9.17, 15) is 22.4 Å². The average molecular weight is 683 g/mol. The van der Waals surface area contributed by atoms with Gasteiger partial charge in [-0.3, -0.25) is 14.3 Å². The first-order valence-corrected chi connectivity index (χ1v) is 19.0. The minimum Gasteiger partial charge on any atom is -0.490 e. The van der Waals surface area contributed by atoms with Crippen LogP contribution < -0.4 is 14.8 Å². The van der Waals surface area contributed by atoms with Crippen molar-refractivity contribution in [2.75, 3.05) is 6.54 Å². The fourth-order valence-electron chi connectivity index (χ4n) is 7.82. The predicted octanol–water partition coefficient (Wildman–Crippen LogP) is 7.23. The summed E-state index contributed by atoms with van der Waals surface area (Å²) in [5.74, 6) is -1.32. The molecule has 1 saturated heterocycles. The maximum Gasteiger partial charge on any atom is 0.240 e. The molecule has 2 N–H and O–H groups in total. The Morgan fingerprint density at radius 2 is 1.85 bits per heavy atom. The van der Waals surface area contributed by atoms with Crippen molar-refractivity contribution in [3.8, 4) is 16.9 Å². The number of hydrogen-bond acceptors (Lipinski definition) is 6. The van der Waals surface area contributed by atoms with E-state index in [1.54, 1.807) is 38.1 Å². The average Bonchev–Trinajstić information content (AvgIpc) is 3.35. The minimum absolute atomic E-state index is 0.0769. The first-order chi connectivity index (χ1) is 22.8. The molecule has 1 spiro atoms. The summed E-state index contributed by atoms with van der Waals surface area (Å²) in [4.78, 5) is 26.0. The number of sulfonamides is 1. The highest BCUT2D eigenvalue weighted by molar-refractivity contribution is 7.91. The zero-order chi connectivity index (χ0) is 34.3. The Morgan fingerprint density at radius 1 is 1.10 bits per heavy atom. The lowest BCUT2D eigenvalue weighted by atomic mass is 9.86. The number of carbonyl (C=O) groups excluding carboxylic acids is 2. The van der Waals surface area contributed by atoms with Gasteiger partial charge in [0.1, 0.15) is 11.6 Å². The summed E-state index contributed by atoms with van der Waals surface area (Å²) in [5, 5.41) is 3.32. The normalized spacial score (nSPS) is 26.6. The summed E-state index contributed by atoms with van der Waals surface area (Å²) in [7, 11) is -3.79. The Bertz CT molecular complexity index is 1700. The Morgan fingerprint density at radius 3 is 2.56 bits per heavy atom. The van der Waals surface area contributed by atoms with E-state index in [1.165, 1.54) is 6.07 Å². The minimum atomic E-state index is -3.79. The largest absolute Gasteiger partial charge is 0.490 e. The van der Waals surface area contributed by atoms with E-state index in [0.29, 0.717) is 47.3 Å². The van der Waals surface area contributed by atoms with E-state index in [0.717, 1.165) is 44.9 Å².